The first-order chi connectivity index (χ1) is 13.1. The molecule has 0 aliphatic carbocycles. The van der Waals surface area contributed by atoms with E-state index in [-0.39, 0.29) is 23.7 Å². The summed E-state index contributed by atoms with van der Waals surface area (Å²) in [6.45, 7) is 1.20. The summed E-state index contributed by atoms with van der Waals surface area (Å²) < 4.78 is 11.8. The van der Waals surface area contributed by atoms with E-state index in [4.69, 9.17) is 9.47 Å². The Labute approximate surface area is 164 Å². The van der Waals surface area contributed by atoms with Gasteiger partial charge in [0.2, 0.25) is 0 Å². The number of hydrogen-bond acceptors (Lipinski definition) is 6. The van der Waals surface area contributed by atoms with E-state index in [1.165, 1.54) is 11.3 Å². The quantitative estimate of drug-likeness (QED) is 0.796. The molecule has 5 atom stereocenters. The number of thioether (sulfide) groups is 1. The SMILES string of the molecule is CN(C)c1ccc(CNC2C3COC(O3)C(Sc3ccccc3)C2O)cc1. The highest BCUT2D eigenvalue weighted by Crippen LogP contribution is 2.38. The number of nitrogens with zero attached hydrogens (tertiary/aromatic N) is 1. The van der Waals surface area contributed by atoms with Gasteiger partial charge in [-0.1, -0.05) is 30.3 Å². The highest BCUT2D eigenvalue weighted by atomic mass is 32.2. The smallest absolute Gasteiger partial charge is 0.172 e. The van der Waals surface area contributed by atoms with Crippen LogP contribution in [-0.4, -0.2) is 55.6 Å². The van der Waals surface area contributed by atoms with Gasteiger partial charge < -0.3 is 24.8 Å². The van der Waals surface area contributed by atoms with E-state index in [0.717, 1.165) is 4.90 Å². The number of aliphatic hydroxyl groups excluding tert-OH is 1. The molecule has 2 aromatic carbocycles. The average Bonchev–Trinajstić information content (AvgIpc) is 3.12. The summed E-state index contributed by atoms with van der Waals surface area (Å²) in [6, 6.07) is 18.4. The van der Waals surface area contributed by atoms with Crippen LogP contribution in [0.25, 0.3) is 0 Å². The van der Waals surface area contributed by atoms with E-state index < -0.39 is 6.10 Å². The van der Waals surface area contributed by atoms with Crippen molar-refractivity contribution in [3.8, 4) is 0 Å². The van der Waals surface area contributed by atoms with E-state index in [1.54, 1.807) is 11.8 Å². The van der Waals surface area contributed by atoms with Crippen molar-refractivity contribution in [2.24, 2.45) is 0 Å². The maximum Gasteiger partial charge on any atom is 0.172 e. The maximum atomic E-state index is 11.0. The van der Waals surface area contributed by atoms with Crippen LogP contribution in [-0.2, 0) is 16.0 Å². The molecule has 2 aliphatic rings. The van der Waals surface area contributed by atoms with Crippen LogP contribution in [0.3, 0.4) is 0 Å². The fraction of sp³-hybridized carbons (Fsp3) is 0.429. The van der Waals surface area contributed by atoms with Crippen LogP contribution in [0.2, 0.25) is 0 Å². The summed E-state index contributed by atoms with van der Waals surface area (Å²) in [6.07, 6.45) is -1.01. The molecule has 0 aromatic heterocycles. The van der Waals surface area contributed by atoms with Crippen LogP contribution in [0.5, 0.6) is 0 Å². The number of fused-ring (bicyclic) bond motifs is 2. The van der Waals surface area contributed by atoms with Crippen LogP contribution < -0.4 is 10.2 Å². The van der Waals surface area contributed by atoms with Gasteiger partial charge in [-0.2, -0.15) is 0 Å². The topological polar surface area (TPSA) is 54.0 Å². The van der Waals surface area contributed by atoms with Gasteiger partial charge in [0.15, 0.2) is 6.29 Å². The van der Waals surface area contributed by atoms with Gasteiger partial charge in [-0.05, 0) is 29.8 Å². The molecule has 27 heavy (non-hydrogen) atoms. The Hall–Kier alpha value is -1.57. The molecule has 0 amide bonds. The molecule has 2 fully saturated rings. The van der Waals surface area contributed by atoms with Gasteiger partial charge in [0, 0.05) is 31.2 Å². The van der Waals surface area contributed by atoms with E-state index in [9.17, 15) is 5.11 Å². The zero-order valence-corrected chi connectivity index (χ0v) is 16.4. The third kappa shape index (κ3) is 4.15. The van der Waals surface area contributed by atoms with Crippen molar-refractivity contribution in [2.45, 2.75) is 41.2 Å². The predicted octanol–water partition coefficient (Wildman–Crippen LogP) is 2.49. The number of anilines is 1. The molecule has 5 unspecified atom stereocenters. The Kier molecular flexibility index (Phi) is 5.71. The van der Waals surface area contributed by atoms with Gasteiger partial charge in [0.1, 0.15) is 6.10 Å². The Bertz CT molecular complexity index is 741. The molecule has 2 saturated heterocycles. The predicted molar refractivity (Wildman–Crippen MR) is 108 cm³/mol. The Morgan fingerprint density at radius 3 is 2.56 bits per heavy atom. The normalized spacial score (nSPS) is 29.7. The second-order valence-corrected chi connectivity index (χ2v) is 8.48. The Balaban J connectivity index is 1.42. The van der Waals surface area contributed by atoms with E-state index in [1.807, 2.05) is 44.4 Å². The molecule has 2 heterocycles. The number of nitrogens with one attached hydrogen (secondary N) is 1. The standard InChI is InChI=1S/C21H26N2O3S/c1-23(2)15-10-8-14(9-11-15)12-22-18-17-13-25-21(26-17)20(19(18)24)27-16-6-4-3-5-7-16/h3-11,17-22,24H,12-13H2,1-2H3. The van der Waals surface area contributed by atoms with E-state index in [0.29, 0.717) is 13.2 Å². The van der Waals surface area contributed by atoms with Gasteiger partial charge in [-0.3, -0.25) is 0 Å². The van der Waals surface area contributed by atoms with Crippen LogP contribution in [0.15, 0.2) is 59.5 Å². The third-order valence-electron chi connectivity index (χ3n) is 5.12. The van der Waals surface area contributed by atoms with Crippen LogP contribution in [0, 0.1) is 0 Å². The number of hydrogen-bond donors (Lipinski definition) is 2. The molecule has 6 heteroatoms. The zero-order chi connectivity index (χ0) is 18.8. The van der Waals surface area contributed by atoms with Gasteiger partial charge in [-0.15, -0.1) is 11.8 Å². The monoisotopic (exact) mass is 386 g/mol. The van der Waals surface area contributed by atoms with Gasteiger partial charge >= 0.3 is 0 Å². The molecule has 0 spiro atoms. The lowest BCUT2D eigenvalue weighted by atomic mass is 9.99. The van der Waals surface area contributed by atoms with Crippen LogP contribution >= 0.6 is 11.8 Å². The molecule has 2 aliphatic heterocycles. The third-order valence-corrected chi connectivity index (χ3v) is 6.43. The molecule has 4 rings (SSSR count). The lowest BCUT2D eigenvalue weighted by molar-refractivity contribution is -0.123. The van der Waals surface area contributed by atoms with Crippen molar-refractivity contribution in [1.82, 2.24) is 5.32 Å². The lowest BCUT2D eigenvalue weighted by Crippen LogP contribution is -2.58. The van der Waals surface area contributed by atoms with Gasteiger partial charge in [-0.25, -0.2) is 0 Å². The van der Waals surface area contributed by atoms with Gasteiger partial charge in [0.05, 0.1) is 24.0 Å². The van der Waals surface area contributed by atoms with Gasteiger partial charge in [0.25, 0.3) is 0 Å². The lowest BCUT2D eigenvalue weighted by Gasteiger charge is -2.38. The summed E-state index contributed by atoms with van der Waals surface area (Å²) >= 11 is 1.62. The fourth-order valence-electron chi connectivity index (χ4n) is 3.57. The number of benzene rings is 2. The molecule has 144 valence electrons. The molecule has 5 nitrogen and oxygen atoms in total. The first-order valence-corrected chi connectivity index (χ1v) is 10.2. The number of ether oxygens (including phenoxy) is 2. The first-order valence-electron chi connectivity index (χ1n) is 9.28. The summed E-state index contributed by atoms with van der Waals surface area (Å²) in [5.41, 5.74) is 2.35. The average molecular weight is 387 g/mol. The van der Waals surface area contributed by atoms with Crippen molar-refractivity contribution >= 4 is 17.4 Å². The minimum atomic E-state index is -0.539. The molecular weight excluding hydrogens is 360 g/mol. The molecule has 0 saturated carbocycles. The second kappa shape index (κ2) is 8.20. The summed E-state index contributed by atoms with van der Waals surface area (Å²) in [4.78, 5) is 3.19. The highest BCUT2D eigenvalue weighted by Gasteiger charge is 2.50. The van der Waals surface area contributed by atoms with E-state index >= 15 is 0 Å². The van der Waals surface area contributed by atoms with Crippen LogP contribution in [0.1, 0.15) is 5.56 Å². The largest absolute Gasteiger partial charge is 0.390 e. The molecular formula is C21H26N2O3S. The van der Waals surface area contributed by atoms with Crippen molar-refractivity contribution in [3.63, 3.8) is 0 Å². The van der Waals surface area contributed by atoms with Crippen molar-refractivity contribution in [2.75, 3.05) is 25.6 Å². The molecule has 0 radical (unpaired) electrons. The number of aliphatic hydroxyl groups is 1. The Morgan fingerprint density at radius 1 is 1.11 bits per heavy atom. The maximum absolute atomic E-state index is 11.0. The molecule has 2 aromatic rings. The molecule has 2 N–H and O–H groups in total. The summed E-state index contributed by atoms with van der Waals surface area (Å²) in [5, 5.41) is 14.4. The first kappa shape index (κ1) is 18.8. The van der Waals surface area contributed by atoms with E-state index in [2.05, 4.69) is 34.5 Å². The van der Waals surface area contributed by atoms with Crippen molar-refractivity contribution < 1.29 is 14.6 Å². The Morgan fingerprint density at radius 2 is 1.85 bits per heavy atom. The van der Waals surface area contributed by atoms with Crippen molar-refractivity contribution in [1.29, 1.82) is 0 Å². The number of rotatable bonds is 6. The van der Waals surface area contributed by atoms with Crippen molar-refractivity contribution in [3.05, 3.63) is 60.2 Å². The minimum Gasteiger partial charge on any atom is -0.390 e. The zero-order valence-electron chi connectivity index (χ0n) is 15.6. The second-order valence-electron chi connectivity index (χ2n) is 7.23. The fourth-order valence-corrected chi connectivity index (χ4v) is 4.76. The summed E-state index contributed by atoms with van der Waals surface area (Å²) in [7, 11) is 4.06. The minimum absolute atomic E-state index is 0.112. The molecule has 2 bridgehead atoms. The van der Waals surface area contributed by atoms with Crippen LogP contribution in [0.4, 0.5) is 5.69 Å². The highest BCUT2D eigenvalue weighted by molar-refractivity contribution is 8.00. The summed E-state index contributed by atoms with van der Waals surface area (Å²) in [5.74, 6) is 0.